The Hall–Kier alpha value is -1.72. The third-order valence-corrected chi connectivity index (χ3v) is 4.18. The van der Waals surface area contributed by atoms with Gasteiger partial charge in [0.05, 0.1) is 5.60 Å². The van der Waals surface area contributed by atoms with Crippen molar-refractivity contribution in [3.63, 3.8) is 0 Å². The Kier molecular flexibility index (Phi) is 3.26. The smallest absolute Gasteiger partial charge is 0.387 e. The second-order valence-corrected chi connectivity index (χ2v) is 5.74. The largest absolute Gasteiger partial charge is 0.429 e. The lowest BCUT2D eigenvalue weighted by Gasteiger charge is -2.31. The maximum atomic E-state index is 14.8. The highest BCUT2D eigenvalue weighted by molar-refractivity contribution is 5.16. The number of alkyl halides is 4. The molecule has 1 saturated carbocycles. The molecule has 0 spiro atoms. The van der Waals surface area contributed by atoms with Crippen LogP contribution in [-0.2, 0) is 4.74 Å². The molecule has 0 amide bonds. The summed E-state index contributed by atoms with van der Waals surface area (Å²) in [6.07, 6.45) is -12.0. The van der Waals surface area contributed by atoms with E-state index in [1.807, 2.05) is 0 Å². The van der Waals surface area contributed by atoms with Crippen molar-refractivity contribution in [1.82, 2.24) is 9.55 Å². The van der Waals surface area contributed by atoms with Crippen LogP contribution in [0.15, 0.2) is 21.9 Å². The van der Waals surface area contributed by atoms with Gasteiger partial charge in [0.15, 0.2) is 6.23 Å². The second-order valence-electron chi connectivity index (χ2n) is 5.74. The lowest BCUT2D eigenvalue weighted by molar-refractivity contribution is -0.274. The molecule has 2 fully saturated rings. The van der Waals surface area contributed by atoms with Gasteiger partial charge in [-0.1, -0.05) is 0 Å². The summed E-state index contributed by atoms with van der Waals surface area (Å²) in [5.74, 6) is 0. The minimum Gasteiger partial charge on any atom is -0.387 e. The molecule has 128 valence electrons. The second kappa shape index (κ2) is 4.65. The van der Waals surface area contributed by atoms with E-state index in [4.69, 9.17) is 4.74 Å². The molecule has 23 heavy (non-hydrogen) atoms. The van der Waals surface area contributed by atoms with E-state index < -0.39 is 47.1 Å². The van der Waals surface area contributed by atoms with E-state index in [0.717, 1.165) is 0 Å². The zero-order chi connectivity index (χ0) is 17.2. The van der Waals surface area contributed by atoms with E-state index in [0.29, 0.717) is 12.3 Å². The SMILES string of the molecule is O=c1ccn([C@@H]2O[C@H](C3(O)CC3)C(O)[C@]2(F)C(F)(F)F)c(=O)[nH]1. The number of H-pyrrole nitrogens is 1. The molecule has 4 atom stereocenters. The molecule has 1 aliphatic carbocycles. The minimum absolute atomic E-state index is 0.0376. The van der Waals surface area contributed by atoms with Crippen molar-refractivity contribution in [2.24, 2.45) is 0 Å². The third-order valence-electron chi connectivity index (χ3n) is 4.18. The Morgan fingerprint density at radius 1 is 1.35 bits per heavy atom. The zero-order valence-electron chi connectivity index (χ0n) is 11.4. The van der Waals surface area contributed by atoms with Crippen LogP contribution in [0.2, 0.25) is 0 Å². The van der Waals surface area contributed by atoms with E-state index >= 15 is 0 Å². The standard InChI is InChI=1S/C12H12F4N2O5/c13-11(12(14,15)16)6(20)7(10(22)2-3-10)23-8(11)18-4-1-5(19)17-9(18)21/h1,4,6-8,20,22H,2-3H2,(H,17,19,21)/t6?,7-,8+,11+/m0/s1. The first-order chi connectivity index (χ1) is 10.5. The number of aliphatic hydroxyl groups excluding tert-OH is 1. The molecule has 1 aliphatic heterocycles. The Balaban J connectivity index is 2.13. The molecule has 0 aromatic carbocycles. The van der Waals surface area contributed by atoms with Gasteiger partial charge in [-0.3, -0.25) is 14.3 Å². The lowest BCUT2D eigenvalue weighted by Crippen LogP contribution is -2.56. The number of aliphatic hydroxyl groups is 2. The average Bonchev–Trinajstić information content (AvgIpc) is 3.10. The molecule has 3 N–H and O–H groups in total. The molecule has 1 aromatic heterocycles. The van der Waals surface area contributed by atoms with Gasteiger partial charge in [0.1, 0.15) is 12.2 Å². The lowest BCUT2D eigenvalue weighted by atomic mass is 9.92. The fourth-order valence-electron chi connectivity index (χ4n) is 2.70. The molecule has 0 bridgehead atoms. The van der Waals surface area contributed by atoms with Gasteiger partial charge in [0.25, 0.3) is 11.2 Å². The van der Waals surface area contributed by atoms with Crippen molar-refractivity contribution in [2.45, 2.75) is 48.7 Å². The summed E-state index contributed by atoms with van der Waals surface area (Å²) in [7, 11) is 0. The van der Waals surface area contributed by atoms with Gasteiger partial charge in [-0.25, -0.2) is 9.18 Å². The highest BCUT2D eigenvalue weighted by atomic mass is 19.4. The van der Waals surface area contributed by atoms with E-state index in [1.54, 1.807) is 4.98 Å². The monoisotopic (exact) mass is 340 g/mol. The van der Waals surface area contributed by atoms with Crippen molar-refractivity contribution in [3.8, 4) is 0 Å². The number of hydrogen-bond acceptors (Lipinski definition) is 5. The van der Waals surface area contributed by atoms with E-state index in [-0.39, 0.29) is 17.4 Å². The molecular weight excluding hydrogens is 328 g/mol. The Bertz CT molecular complexity index is 740. The maximum absolute atomic E-state index is 14.8. The first kappa shape index (κ1) is 16.1. The van der Waals surface area contributed by atoms with Gasteiger partial charge >= 0.3 is 11.9 Å². The number of nitrogens with one attached hydrogen (secondary N) is 1. The molecule has 11 heteroatoms. The van der Waals surface area contributed by atoms with Crippen LogP contribution in [0, 0.1) is 0 Å². The summed E-state index contributed by atoms with van der Waals surface area (Å²) >= 11 is 0. The number of hydrogen-bond donors (Lipinski definition) is 3. The molecular formula is C12H12F4N2O5. The fourth-order valence-corrected chi connectivity index (χ4v) is 2.70. The average molecular weight is 340 g/mol. The Labute approximate surface area is 125 Å². The number of aromatic amines is 1. The number of ether oxygens (including phenoxy) is 1. The van der Waals surface area contributed by atoms with E-state index in [9.17, 15) is 37.4 Å². The van der Waals surface area contributed by atoms with Gasteiger partial charge in [0, 0.05) is 12.3 Å². The summed E-state index contributed by atoms with van der Waals surface area (Å²) in [5, 5.41) is 19.7. The highest BCUT2D eigenvalue weighted by Crippen LogP contribution is 2.56. The van der Waals surface area contributed by atoms with Gasteiger partial charge < -0.3 is 14.9 Å². The van der Waals surface area contributed by atoms with Crippen LogP contribution in [-0.4, -0.2) is 49.4 Å². The minimum atomic E-state index is -5.58. The summed E-state index contributed by atoms with van der Waals surface area (Å²) in [6.45, 7) is 0. The number of halogens is 4. The van der Waals surface area contributed by atoms with Crippen molar-refractivity contribution < 1.29 is 32.5 Å². The molecule has 1 aromatic rings. The van der Waals surface area contributed by atoms with Gasteiger partial charge in [-0.15, -0.1) is 0 Å². The molecule has 0 radical (unpaired) electrons. The van der Waals surface area contributed by atoms with Crippen molar-refractivity contribution in [3.05, 3.63) is 33.1 Å². The van der Waals surface area contributed by atoms with Crippen LogP contribution in [0.5, 0.6) is 0 Å². The molecule has 2 heterocycles. The Morgan fingerprint density at radius 3 is 2.43 bits per heavy atom. The number of rotatable bonds is 2. The molecule has 3 rings (SSSR count). The predicted molar refractivity (Wildman–Crippen MR) is 65.3 cm³/mol. The first-order valence-corrected chi connectivity index (χ1v) is 6.64. The zero-order valence-corrected chi connectivity index (χ0v) is 11.4. The fraction of sp³-hybridized carbons (Fsp3) is 0.667. The molecule has 7 nitrogen and oxygen atoms in total. The van der Waals surface area contributed by atoms with Gasteiger partial charge in [-0.2, -0.15) is 13.2 Å². The topological polar surface area (TPSA) is 105 Å². The van der Waals surface area contributed by atoms with Crippen molar-refractivity contribution >= 4 is 0 Å². The van der Waals surface area contributed by atoms with E-state index in [2.05, 4.69) is 0 Å². The van der Waals surface area contributed by atoms with Crippen LogP contribution >= 0.6 is 0 Å². The van der Waals surface area contributed by atoms with Crippen LogP contribution in [0.4, 0.5) is 17.6 Å². The third kappa shape index (κ3) is 2.22. The Morgan fingerprint density at radius 2 is 1.96 bits per heavy atom. The normalized spacial score (nSPS) is 36.2. The number of nitrogens with zero attached hydrogens (tertiary/aromatic N) is 1. The summed E-state index contributed by atoms with van der Waals surface area (Å²) < 4.78 is 59.6. The van der Waals surface area contributed by atoms with Crippen LogP contribution in [0.1, 0.15) is 19.1 Å². The quantitative estimate of drug-likeness (QED) is 0.635. The van der Waals surface area contributed by atoms with Crippen LogP contribution < -0.4 is 11.2 Å². The van der Waals surface area contributed by atoms with E-state index in [1.165, 1.54) is 0 Å². The van der Waals surface area contributed by atoms with Crippen LogP contribution in [0.25, 0.3) is 0 Å². The summed E-state index contributed by atoms with van der Waals surface area (Å²) in [5.41, 5.74) is -8.32. The van der Waals surface area contributed by atoms with Crippen molar-refractivity contribution in [2.75, 3.05) is 0 Å². The highest BCUT2D eigenvalue weighted by Gasteiger charge is 2.76. The number of aromatic nitrogens is 2. The summed E-state index contributed by atoms with van der Waals surface area (Å²) in [6, 6.07) is 0.715. The molecule has 1 unspecified atom stereocenters. The maximum Gasteiger partial charge on any atom is 0.429 e. The van der Waals surface area contributed by atoms with Gasteiger partial charge in [0.2, 0.25) is 0 Å². The van der Waals surface area contributed by atoms with Crippen molar-refractivity contribution in [1.29, 1.82) is 0 Å². The van der Waals surface area contributed by atoms with Crippen LogP contribution in [0.3, 0.4) is 0 Å². The predicted octanol–water partition coefficient (Wildman–Crippen LogP) is -0.410. The summed E-state index contributed by atoms with van der Waals surface area (Å²) in [4.78, 5) is 24.4. The molecule has 1 saturated heterocycles. The van der Waals surface area contributed by atoms with Gasteiger partial charge in [-0.05, 0) is 12.8 Å². The first-order valence-electron chi connectivity index (χ1n) is 6.64. The molecule has 2 aliphatic rings.